The summed E-state index contributed by atoms with van der Waals surface area (Å²) in [5.41, 5.74) is 0. The molecule has 0 saturated carbocycles. The molecule has 1 aromatic rings. The lowest BCUT2D eigenvalue weighted by Crippen LogP contribution is -1.66. The molecule has 0 unspecified atom stereocenters. The van der Waals surface area contributed by atoms with Crippen molar-refractivity contribution in [2.75, 3.05) is 0 Å². The van der Waals surface area contributed by atoms with Crippen LogP contribution in [0.3, 0.4) is 0 Å². The molecule has 0 aliphatic rings. The molecule has 0 aliphatic heterocycles. The molecule has 3 radical (unpaired) electrons. The minimum Gasteiger partial charge on any atom is -0.0630 e. The summed E-state index contributed by atoms with van der Waals surface area (Å²) < 4.78 is 0. The molecule has 59 valence electrons. The van der Waals surface area contributed by atoms with Crippen LogP contribution in [0.5, 0.6) is 0 Å². The minimum absolute atomic E-state index is 0. The lowest BCUT2D eigenvalue weighted by molar-refractivity contribution is 0.737. The molecule has 0 N–H and O–H groups in total. The van der Waals surface area contributed by atoms with Crippen LogP contribution in [-0.2, 0) is 0 Å². The van der Waals surface area contributed by atoms with Crippen LogP contribution < -0.4 is 0 Å². The molecule has 0 aliphatic carbocycles. The standard InChI is InChI=1S/C6H6.C4H10.B/c1-2-4-6-5-3-1;1-4(2)3;/h1-6H;4H,1-3H3;. The van der Waals surface area contributed by atoms with E-state index in [1.807, 2.05) is 36.4 Å². The fraction of sp³-hybridized carbons (Fsp3) is 0.400. The van der Waals surface area contributed by atoms with E-state index in [9.17, 15) is 0 Å². The fourth-order valence-corrected chi connectivity index (χ4v) is 0.385. The lowest BCUT2D eigenvalue weighted by Gasteiger charge is -1.79. The van der Waals surface area contributed by atoms with Crippen LogP contribution in [0.15, 0.2) is 36.4 Å². The Kier molecular flexibility index (Phi) is 10.9. The van der Waals surface area contributed by atoms with Crippen LogP contribution in [0.4, 0.5) is 0 Å². The summed E-state index contributed by atoms with van der Waals surface area (Å²) in [4.78, 5) is 0. The average molecular weight is 147 g/mol. The van der Waals surface area contributed by atoms with Crippen LogP contribution in [0.2, 0.25) is 0 Å². The largest absolute Gasteiger partial charge is 0.0630 e. The number of hydrogen-bond acceptors (Lipinski definition) is 0. The lowest BCUT2D eigenvalue weighted by atomic mass is 10.3. The highest BCUT2D eigenvalue weighted by atomic mass is 13.7. The van der Waals surface area contributed by atoms with Crippen LogP contribution in [-0.4, -0.2) is 8.41 Å². The van der Waals surface area contributed by atoms with Crippen molar-refractivity contribution in [2.45, 2.75) is 20.8 Å². The van der Waals surface area contributed by atoms with Gasteiger partial charge in [-0.15, -0.1) is 0 Å². The van der Waals surface area contributed by atoms with Gasteiger partial charge in [0.05, 0.1) is 0 Å². The van der Waals surface area contributed by atoms with Crippen molar-refractivity contribution in [1.82, 2.24) is 0 Å². The predicted molar refractivity (Wildman–Crippen MR) is 52.7 cm³/mol. The van der Waals surface area contributed by atoms with E-state index in [1.54, 1.807) is 0 Å². The van der Waals surface area contributed by atoms with E-state index in [0.29, 0.717) is 0 Å². The summed E-state index contributed by atoms with van der Waals surface area (Å²) in [6.07, 6.45) is 0. The first-order chi connectivity index (χ1) is 4.73. The summed E-state index contributed by atoms with van der Waals surface area (Å²) in [6.45, 7) is 6.50. The van der Waals surface area contributed by atoms with Crippen molar-refractivity contribution in [3.8, 4) is 0 Å². The molecule has 1 aromatic carbocycles. The van der Waals surface area contributed by atoms with Gasteiger partial charge in [-0.3, -0.25) is 0 Å². The summed E-state index contributed by atoms with van der Waals surface area (Å²) in [7, 11) is 0. The third kappa shape index (κ3) is 17.6. The molecule has 0 heterocycles. The molecule has 0 spiro atoms. The van der Waals surface area contributed by atoms with Gasteiger partial charge >= 0.3 is 0 Å². The maximum Gasteiger partial charge on any atom is 0 e. The van der Waals surface area contributed by atoms with Gasteiger partial charge in [0.25, 0.3) is 0 Å². The molecule has 11 heavy (non-hydrogen) atoms. The van der Waals surface area contributed by atoms with Crippen LogP contribution in [0.25, 0.3) is 0 Å². The third-order valence-electron chi connectivity index (χ3n) is 0.667. The van der Waals surface area contributed by atoms with E-state index >= 15 is 0 Å². The van der Waals surface area contributed by atoms with Crippen molar-refractivity contribution in [3.63, 3.8) is 0 Å². The molecule has 0 aromatic heterocycles. The minimum atomic E-state index is 0. The Labute approximate surface area is 72.2 Å². The maximum absolute atomic E-state index is 2.17. The Morgan fingerprint density at radius 1 is 0.636 bits per heavy atom. The zero-order chi connectivity index (χ0) is 7.82. The second kappa shape index (κ2) is 9.28. The van der Waals surface area contributed by atoms with Gasteiger partial charge in [-0.1, -0.05) is 57.2 Å². The predicted octanol–water partition coefficient (Wildman–Crippen LogP) is 2.97. The molecule has 0 saturated heterocycles. The molecule has 1 heteroatoms. The van der Waals surface area contributed by atoms with Crippen molar-refractivity contribution in [3.05, 3.63) is 36.4 Å². The first kappa shape index (κ1) is 12.9. The highest BCUT2D eigenvalue weighted by molar-refractivity contribution is 5.75. The summed E-state index contributed by atoms with van der Waals surface area (Å²) >= 11 is 0. The van der Waals surface area contributed by atoms with Crippen LogP contribution in [0.1, 0.15) is 20.8 Å². The van der Waals surface area contributed by atoms with Gasteiger partial charge in [-0.2, -0.15) is 0 Å². The Morgan fingerprint density at radius 3 is 0.818 bits per heavy atom. The summed E-state index contributed by atoms with van der Waals surface area (Å²) in [6, 6.07) is 12.0. The average Bonchev–Trinajstić information content (AvgIpc) is 1.90. The molecule has 1 rings (SSSR count). The summed E-state index contributed by atoms with van der Waals surface area (Å²) in [5, 5.41) is 0. The SMILES string of the molecule is CC(C)C.[B].c1ccccc1. The van der Waals surface area contributed by atoms with E-state index < -0.39 is 0 Å². The number of benzene rings is 1. The number of rotatable bonds is 0. The van der Waals surface area contributed by atoms with E-state index in [0.717, 1.165) is 5.92 Å². The zero-order valence-corrected chi connectivity index (χ0v) is 7.62. The molecular formula is C10H16B. The molecular weight excluding hydrogens is 131 g/mol. The highest BCUT2D eigenvalue weighted by Crippen LogP contribution is 1.81. The van der Waals surface area contributed by atoms with E-state index in [1.165, 1.54) is 0 Å². The van der Waals surface area contributed by atoms with Crippen molar-refractivity contribution in [2.24, 2.45) is 5.92 Å². The van der Waals surface area contributed by atoms with Crippen molar-refractivity contribution >= 4 is 8.41 Å². The van der Waals surface area contributed by atoms with Crippen LogP contribution in [0, 0.1) is 5.92 Å². The second-order valence-corrected chi connectivity index (χ2v) is 2.89. The Balaban J connectivity index is 0. The van der Waals surface area contributed by atoms with Gasteiger partial charge in [-0.25, -0.2) is 0 Å². The van der Waals surface area contributed by atoms with Crippen LogP contribution >= 0.6 is 0 Å². The molecule has 0 nitrogen and oxygen atoms in total. The third-order valence-corrected chi connectivity index (χ3v) is 0.667. The molecule has 0 atom stereocenters. The topological polar surface area (TPSA) is 0 Å². The molecule has 0 amide bonds. The van der Waals surface area contributed by atoms with Gasteiger partial charge in [0.15, 0.2) is 0 Å². The zero-order valence-electron chi connectivity index (χ0n) is 7.62. The number of hydrogen-bond donors (Lipinski definition) is 0. The van der Waals surface area contributed by atoms with Gasteiger partial charge in [0.1, 0.15) is 0 Å². The van der Waals surface area contributed by atoms with E-state index in [4.69, 9.17) is 0 Å². The maximum atomic E-state index is 2.17. The van der Waals surface area contributed by atoms with E-state index in [-0.39, 0.29) is 8.41 Å². The van der Waals surface area contributed by atoms with Crippen molar-refractivity contribution < 1.29 is 0 Å². The summed E-state index contributed by atoms with van der Waals surface area (Å²) in [5.74, 6) is 0.833. The first-order valence-electron chi connectivity index (χ1n) is 3.73. The highest BCUT2D eigenvalue weighted by Gasteiger charge is 1.68. The van der Waals surface area contributed by atoms with E-state index in [2.05, 4.69) is 20.8 Å². The van der Waals surface area contributed by atoms with Gasteiger partial charge < -0.3 is 0 Å². The Hall–Kier alpha value is -0.715. The monoisotopic (exact) mass is 147 g/mol. The van der Waals surface area contributed by atoms with Crippen molar-refractivity contribution in [1.29, 1.82) is 0 Å². The molecule has 0 bridgehead atoms. The first-order valence-corrected chi connectivity index (χ1v) is 3.73. The quantitative estimate of drug-likeness (QED) is 0.495. The normalized spacial score (nSPS) is 7.64. The van der Waals surface area contributed by atoms with Gasteiger partial charge in [0.2, 0.25) is 0 Å². The smallest absolute Gasteiger partial charge is 0 e. The second-order valence-electron chi connectivity index (χ2n) is 2.89. The molecule has 0 fully saturated rings. The van der Waals surface area contributed by atoms with Gasteiger partial charge in [0, 0.05) is 8.41 Å². The Bertz CT molecular complexity index is 105. The van der Waals surface area contributed by atoms with Gasteiger partial charge in [-0.05, 0) is 5.92 Å². The Morgan fingerprint density at radius 2 is 0.727 bits per heavy atom. The fourth-order valence-electron chi connectivity index (χ4n) is 0.385.